The number of hydrogen-bond acceptors (Lipinski definition) is 6. The number of anilines is 1. The molecular weight excluding hydrogens is 222 g/mol. The van der Waals surface area contributed by atoms with E-state index in [0.717, 1.165) is 0 Å². The van der Waals surface area contributed by atoms with Crippen LogP contribution in [0.2, 0.25) is 0 Å². The first-order chi connectivity index (χ1) is 8.29. The van der Waals surface area contributed by atoms with E-state index in [1.165, 1.54) is 12.4 Å². The Labute approximate surface area is 96.7 Å². The van der Waals surface area contributed by atoms with Crippen molar-refractivity contribution in [2.24, 2.45) is 5.84 Å². The van der Waals surface area contributed by atoms with Crippen molar-refractivity contribution in [3.8, 4) is 0 Å². The number of nitrogens with two attached hydrogens (primary N) is 1. The summed E-state index contributed by atoms with van der Waals surface area (Å²) >= 11 is 0. The number of nitrogens with zero attached hydrogens (tertiary/aromatic N) is 3. The van der Waals surface area contributed by atoms with Crippen molar-refractivity contribution in [2.45, 2.75) is 6.54 Å². The highest BCUT2D eigenvalue weighted by Gasteiger charge is 2.07. The van der Waals surface area contributed by atoms with Gasteiger partial charge in [-0.25, -0.2) is 20.8 Å². The maximum absolute atomic E-state index is 11.6. The number of H-pyrrole nitrogens is 1. The lowest BCUT2D eigenvalue weighted by atomic mass is 10.4. The summed E-state index contributed by atoms with van der Waals surface area (Å²) in [6.07, 6.45) is 6.01. The van der Waals surface area contributed by atoms with Gasteiger partial charge in [-0.1, -0.05) is 0 Å². The van der Waals surface area contributed by atoms with Gasteiger partial charge in [-0.05, 0) is 0 Å². The second kappa shape index (κ2) is 5.03. The lowest BCUT2D eigenvalue weighted by molar-refractivity contribution is 0.0944. The minimum Gasteiger partial charge on any atom is -0.347 e. The molecule has 1 amide bonds. The highest BCUT2D eigenvalue weighted by molar-refractivity contribution is 5.91. The van der Waals surface area contributed by atoms with Crippen molar-refractivity contribution in [2.75, 3.05) is 5.43 Å². The van der Waals surface area contributed by atoms with Gasteiger partial charge >= 0.3 is 0 Å². The fourth-order valence-corrected chi connectivity index (χ4v) is 1.17. The standard InChI is InChI=1S/C9H11N7O/c10-16-8-5-13-6(3-14-8)9(17)15-4-7-11-1-2-12-7/h1-3,5H,4,10H2,(H,11,12)(H,14,16)(H,15,17). The predicted octanol–water partition coefficient (Wildman–Crippen LogP) is -0.585. The summed E-state index contributed by atoms with van der Waals surface area (Å²) in [5.41, 5.74) is 2.55. The zero-order valence-corrected chi connectivity index (χ0v) is 8.84. The maximum atomic E-state index is 11.6. The van der Waals surface area contributed by atoms with Gasteiger partial charge in [0.25, 0.3) is 5.91 Å². The summed E-state index contributed by atoms with van der Waals surface area (Å²) in [7, 11) is 0. The Hall–Kier alpha value is -2.48. The van der Waals surface area contributed by atoms with E-state index < -0.39 is 0 Å². The van der Waals surface area contributed by atoms with E-state index in [-0.39, 0.29) is 11.6 Å². The largest absolute Gasteiger partial charge is 0.347 e. The highest BCUT2D eigenvalue weighted by atomic mass is 16.1. The molecule has 0 aliphatic heterocycles. The van der Waals surface area contributed by atoms with E-state index >= 15 is 0 Å². The number of aromatic nitrogens is 4. The summed E-state index contributed by atoms with van der Waals surface area (Å²) in [6, 6.07) is 0. The normalized spacial score (nSPS) is 9.94. The quantitative estimate of drug-likeness (QED) is 0.414. The van der Waals surface area contributed by atoms with Crippen LogP contribution in [-0.4, -0.2) is 25.8 Å². The number of carbonyl (C=O) groups is 1. The molecule has 88 valence electrons. The van der Waals surface area contributed by atoms with Crippen molar-refractivity contribution in [1.29, 1.82) is 0 Å². The van der Waals surface area contributed by atoms with Crippen LogP contribution in [0, 0.1) is 0 Å². The minimum atomic E-state index is -0.322. The number of nitrogen functional groups attached to an aromatic ring is 1. The molecule has 0 aliphatic rings. The molecule has 5 N–H and O–H groups in total. The van der Waals surface area contributed by atoms with Crippen molar-refractivity contribution in [3.63, 3.8) is 0 Å². The van der Waals surface area contributed by atoms with Gasteiger partial charge < -0.3 is 15.7 Å². The van der Waals surface area contributed by atoms with Crippen molar-refractivity contribution < 1.29 is 4.79 Å². The number of hydrogen-bond donors (Lipinski definition) is 4. The number of carbonyl (C=O) groups excluding carboxylic acids is 1. The van der Waals surface area contributed by atoms with Gasteiger partial charge in [-0.15, -0.1) is 0 Å². The van der Waals surface area contributed by atoms with Crippen molar-refractivity contribution in [1.82, 2.24) is 25.3 Å². The van der Waals surface area contributed by atoms with E-state index in [1.807, 2.05) is 0 Å². The molecule has 0 unspecified atom stereocenters. The van der Waals surface area contributed by atoms with Gasteiger partial charge in [0.15, 0.2) is 5.82 Å². The minimum absolute atomic E-state index is 0.218. The fourth-order valence-electron chi connectivity index (χ4n) is 1.17. The number of aromatic amines is 1. The molecule has 0 spiro atoms. The summed E-state index contributed by atoms with van der Waals surface area (Å²) in [6.45, 7) is 0.310. The SMILES string of the molecule is NNc1cnc(C(=O)NCc2ncc[nH]2)cn1. The molecule has 2 aromatic rings. The van der Waals surface area contributed by atoms with Crippen molar-refractivity contribution in [3.05, 3.63) is 36.3 Å². The third-order valence-electron chi connectivity index (χ3n) is 2.00. The van der Waals surface area contributed by atoms with Crippen LogP contribution < -0.4 is 16.6 Å². The predicted molar refractivity (Wildman–Crippen MR) is 59.6 cm³/mol. The second-order valence-corrected chi connectivity index (χ2v) is 3.15. The molecule has 0 atom stereocenters. The molecule has 0 fully saturated rings. The fraction of sp³-hybridized carbons (Fsp3) is 0.111. The number of imidazole rings is 1. The molecule has 8 nitrogen and oxygen atoms in total. The molecule has 0 saturated heterocycles. The number of amides is 1. The second-order valence-electron chi connectivity index (χ2n) is 3.15. The van der Waals surface area contributed by atoms with Gasteiger partial charge in [-0.2, -0.15) is 0 Å². The van der Waals surface area contributed by atoms with Crippen LogP contribution >= 0.6 is 0 Å². The van der Waals surface area contributed by atoms with Crippen LogP contribution in [0.1, 0.15) is 16.3 Å². The topological polar surface area (TPSA) is 122 Å². The van der Waals surface area contributed by atoms with E-state index in [0.29, 0.717) is 18.2 Å². The highest BCUT2D eigenvalue weighted by Crippen LogP contribution is 1.99. The molecule has 0 radical (unpaired) electrons. The zero-order chi connectivity index (χ0) is 12.1. The maximum Gasteiger partial charge on any atom is 0.271 e. The molecular formula is C9H11N7O. The zero-order valence-electron chi connectivity index (χ0n) is 8.84. The van der Waals surface area contributed by atoms with E-state index in [1.54, 1.807) is 12.4 Å². The van der Waals surface area contributed by atoms with Gasteiger partial charge in [-0.3, -0.25) is 4.79 Å². The third-order valence-corrected chi connectivity index (χ3v) is 2.00. The molecule has 0 bridgehead atoms. The van der Waals surface area contributed by atoms with Crippen LogP contribution in [-0.2, 0) is 6.54 Å². The smallest absolute Gasteiger partial charge is 0.271 e. The van der Waals surface area contributed by atoms with Gasteiger partial charge in [0.2, 0.25) is 0 Å². The van der Waals surface area contributed by atoms with Crippen LogP contribution in [0.25, 0.3) is 0 Å². The van der Waals surface area contributed by atoms with Crippen molar-refractivity contribution >= 4 is 11.7 Å². The Bertz CT molecular complexity index is 479. The van der Waals surface area contributed by atoms with E-state index in [2.05, 4.69) is 30.7 Å². The molecule has 0 aliphatic carbocycles. The van der Waals surface area contributed by atoms with Gasteiger partial charge in [0, 0.05) is 12.4 Å². The van der Waals surface area contributed by atoms with Gasteiger partial charge in [0.1, 0.15) is 11.5 Å². The Balaban J connectivity index is 1.95. The third kappa shape index (κ3) is 2.75. The van der Waals surface area contributed by atoms with Crippen LogP contribution in [0.15, 0.2) is 24.8 Å². The monoisotopic (exact) mass is 233 g/mol. The van der Waals surface area contributed by atoms with E-state index in [9.17, 15) is 4.79 Å². The summed E-state index contributed by atoms with van der Waals surface area (Å²) in [5.74, 6) is 5.88. The number of hydrazine groups is 1. The first-order valence-electron chi connectivity index (χ1n) is 4.84. The number of nitrogens with one attached hydrogen (secondary N) is 3. The van der Waals surface area contributed by atoms with Gasteiger partial charge in [0.05, 0.1) is 18.9 Å². The number of rotatable bonds is 4. The Kier molecular flexibility index (Phi) is 3.26. The lowest BCUT2D eigenvalue weighted by Gasteiger charge is -2.03. The molecule has 17 heavy (non-hydrogen) atoms. The summed E-state index contributed by atoms with van der Waals surface area (Å²) < 4.78 is 0. The van der Waals surface area contributed by atoms with E-state index in [4.69, 9.17) is 5.84 Å². The summed E-state index contributed by atoms with van der Waals surface area (Å²) in [5, 5.41) is 2.65. The molecule has 2 aromatic heterocycles. The average molecular weight is 233 g/mol. The Morgan fingerprint density at radius 3 is 2.82 bits per heavy atom. The Morgan fingerprint density at radius 1 is 1.35 bits per heavy atom. The van der Waals surface area contributed by atoms with Crippen LogP contribution in [0.4, 0.5) is 5.82 Å². The Morgan fingerprint density at radius 2 is 2.24 bits per heavy atom. The molecule has 2 heterocycles. The lowest BCUT2D eigenvalue weighted by Crippen LogP contribution is -2.24. The van der Waals surface area contributed by atoms with Crippen LogP contribution in [0.3, 0.4) is 0 Å². The molecule has 8 heteroatoms. The molecule has 0 saturated carbocycles. The molecule has 0 aromatic carbocycles. The average Bonchev–Trinajstić information content (AvgIpc) is 2.89. The summed E-state index contributed by atoms with van der Waals surface area (Å²) in [4.78, 5) is 26.3. The first kappa shape index (κ1) is 11.0. The first-order valence-corrected chi connectivity index (χ1v) is 4.84. The van der Waals surface area contributed by atoms with Crippen LogP contribution in [0.5, 0.6) is 0 Å². The molecule has 2 rings (SSSR count).